The van der Waals surface area contributed by atoms with Crippen LogP contribution in [0.15, 0.2) is 12.1 Å². The lowest BCUT2D eigenvalue weighted by Gasteiger charge is -2.31. The van der Waals surface area contributed by atoms with Gasteiger partial charge in [0.15, 0.2) is 11.6 Å². The van der Waals surface area contributed by atoms with Crippen LogP contribution in [0.1, 0.15) is 37.4 Å². The third-order valence-electron chi connectivity index (χ3n) is 4.10. The van der Waals surface area contributed by atoms with E-state index in [0.717, 1.165) is 6.07 Å². The molecular weight excluding hydrogens is 291 g/mol. The van der Waals surface area contributed by atoms with Crippen LogP contribution in [0.25, 0.3) is 11.0 Å². The van der Waals surface area contributed by atoms with E-state index in [-0.39, 0.29) is 23.3 Å². The first-order chi connectivity index (χ1) is 9.88. The second kappa shape index (κ2) is 4.96. The molecular formula is C14H13F5N2. The number of hydrogen-bond acceptors (Lipinski definition) is 1. The molecule has 1 aliphatic rings. The molecule has 1 fully saturated rings. The number of alkyl halides is 3. The maximum atomic E-state index is 13.6. The van der Waals surface area contributed by atoms with Gasteiger partial charge in [-0.2, -0.15) is 13.2 Å². The van der Waals surface area contributed by atoms with Crippen LogP contribution in [0.5, 0.6) is 0 Å². The van der Waals surface area contributed by atoms with E-state index in [2.05, 4.69) is 9.97 Å². The SMILES string of the molecule is Fc1ccc2[nH]c(C3CCCCC3C(F)(F)F)nc2c1F. The van der Waals surface area contributed by atoms with Gasteiger partial charge in [0.1, 0.15) is 11.3 Å². The van der Waals surface area contributed by atoms with Gasteiger partial charge >= 0.3 is 6.18 Å². The number of benzene rings is 1. The molecule has 1 heterocycles. The van der Waals surface area contributed by atoms with E-state index < -0.39 is 29.6 Å². The fraction of sp³-hybridized carbons (Fsp3) is 0.500. The van der Waals surface area contributed by atoms with Gasteiger partial charge in [0, 0.05) is 5.92 Å². The van der Waals surface area contributed by atoms with E-state index in [0.29, 0.717) is 19.3 Å². The molecule has 0 radical (unpaired) electrons. The molecule has 1 aromatic heterocycles. The van der Waals surface area contributed by atoms with E-state index in [4.69, 9.17) is 0 Å². The average molecular weight is 304 g/mol. The Morgan fingerprint density at radius 3 is 2.52 bits per heavy atom. The maximum absolute atomic E-state index is 13.6. The van der Waals surface area contributed by atoms with Gasteiger partial charge < -0.3 is 4.98 Å². The summed E-state index contributed by atoms with van der Waals surface area (Å²) >= 11 is 0. The molecule has 1 aromatic carbocycles. The Balaban J connectivity index is 2.04. The van der Waals surface area contributed by atoms with Crippen molar-refractivity contribution in [3.8, 4) is 0 Å². The summed E-state index contributed by atoms with van der Waals surface area (Å²) in [7, 11) is 0. The molecule has 2 unspecified atom stereocenters. The second-order valence-electron chi connectivity index (χ2n) is 5.42. The number of rotatable bonds is 1. The number of aromatic nitrogens is 2. The van der Waals surface area contributed by atoms with Crippen molar-refractivity contribution in [2.45, 2.75) is 37.8 Å². The lowest BCUT2D eigenvalue weighted by atomic mass is 9.78. The number of nitrogens with zero attached hydrogens (tertiary/aromatic N) is 1. The molecule has 0 spiro atoms. The van der Waals surface area contributed by atoms with Gasteiger partial charge in [-0.15, -0.1) is 0 Å². The lowest BCUT2D eigenvalue weighted by molar-refractivity contribution is -0.187. The molecule has 7 heteroatoms. The highest BCUT2D eigenvalue weighted by atomic mass is 19.4. The molecule has 0 aliphatic heterocycles. The highest BCUT2D eigenvalue weighted by Crippen LogP contribution is 2.46. The molecule has 0 saturated heterocycles. The van der Waals surface area contributed by atoms with Crippen LogP contribution < -0.4 is 0 Å². The number of hydrogen-bond donors (Lipinski definition) is 1. The molecule has 2 atom stereocenters. The van der Waals surface area contributed by atoms with Crippen molar-refractivity contribution in [3.05, 3.63) is 29.6 Å². The molecule has 114 valence electrons. The van der Waals surface area contributed by atoms with Crippen LogP contribution in [0.3, 0.4) is 0 Å². The minimum Gasteiger partial charge on any atom is -0.342 e. The molecule has 2 nitrogen and oxygen atoms in total. The number of fused-ring (bicyclic) bond motifs is 1. The molecule has 0 bridgehead atoms. The van der Waals surface area contributed by atoms with Crippen molar-refractivity contribution in [1.29, 1.82) is 0 Å². The quantitative estimate of drug-likeness (QED) is 0.762. The fourth-order valence-electron chi connectivity index (χ4n) is 3.06. The highest BCUT2D eigenvalue weighted by molar-refractivity contribution is 5.75. The third kappa shape index (κ3) is 2.49. The Kier molecular flexibility index (Phi) is 3.37. The predicted molar refractivity (Wildman–Crippen MR) is 66.8 cm³/mol. The largest absolute Gasteiger partial charge is 0.392 e. The fourth-order valence-corrected chi connectivity index (χ4v) is 3.06. The summed E-state index contributed by atoms with van der Waals surface area (Å²) < 4.78 is 66.1. The van der Waals surface area contributed by atoms with Crippen molar-refractivity contribution < 1.29 is 22.0 Å². The minimum absolute atomic E-state index is 0.0437. The van der Waals surface area contributed by atoms with Crippen LogP contribution in [0.4, 0.5) is 22.0 Å². The van der Waals surface area contributed by atoms with Gasteiger partial charge in [-0.05, 0) is 25.0 Å². The number of imidazole rings is 1. The summed E-state index contributed by atoms with van der Waals surface area (Å²) in [5, 5.41) is 0. The molecule has 3 rings (SSSR count). The van der Waals surface area contributed by atoms with Gasteiger partial charge in [0.2, 0.25) is 0 Å². The summed E-state index contributed by atoms with van der Waals surface area (Å²) in [6.45, 7) is 0. The van der Waals surface area contributed by atoms with E-state index in [1.54, 1.807) is 0 Å². The molecule has 2 aromatic rings. The van der Waals surface area contributed by atoms with Crippen molar-refractivity contribution >= 4 is 11.0 Å². The van der Waals surface area contributed by atoms with E-state index in [1.165, 1.54) is 6.07 Å². The molecule has 21 heavy (non-hydrogen) atoms. The summed E-state index contributed by atoms with van der Waals surface area (Å²) in [5.41, 5.74) is -0.0214. The maximum Gasteiger partial charge on any atom is 0.392 e. The summed E-state index contributed by atoms with van der Waals surface area (Å²) in [6, 6.07) is 2.22. The number of aromatic amines is 1. The van der Waals surface area contributed by atoms with Crippen molar-refractivity contribution in [1.82, 2.24) is 9.97 Å². The van der Waals surface area contributed by atoms with Gasteiger partial charge in [-0.1, -0.05) is 12.8 Å². The Hall–Kier alpha value is -1.66. The smallest absolute Gasteiger partial charge is 0.342 e. The highest BCUT2D eigenvalue weighted by Gasteiger charge is 2.47. The second-order valence-corrected chi connectivity index (χ2v) is 5.42. The average Bonchev–Trinajstić information content (AvgIpc) is 2.87. The Morgan fingerprint density at radius 1 is 1.10 bits per heavy atom. The predicted octanol–water partition coefficient (Wildman–Crippen LogP) is 4.68. The van der Waals surface area contributed by atoms with Crippen LogP contribution in [-0.2, 0) is 0 Å². The first-order valence-corrected chi connectivity index (χ1v) is 6.78. The van der Waals surface area contributed by atoms with Crippen LogP contribution >= 0.6 is 0 Å². The first kappa shape index (κ1) is 14.3. The van der Waals surface area contributed by atoms with Gasteiger partial charge in [-0.3, -0.25) is 0 Å². The Labute approximate surface area is 117 Å². The van der Waals surface area contributed by atoms with Gasteiger partial charge in [0.25, 0.3) is 0 Å². The lowest BCUT2D eigenvalue weighted by Crippen LogP contribution is -2.32. The minimum atomic E-state index is -4.31. The normalized spacial score (nSPS) is 23.7. The summed E-state index contributed by atoms with van der Waals surface area (Å²) in [6.07, 6.45) is -2.74. The zero-order valence-electron chi connectivity index (χ0n) is 11.0. The summed E-state index contributed by atoms with van der Waals surface area (Å²) in [4.78, 5) is 6.61. The van der Waals surface area contributed by atoms with Gasteiger partial charge in [-0.25, -0.2) is 13.8 Å². The third-order valence-corrected chi connectivity index (χ3v) is 4.10. The molecule has 1 saturated carbocycles. The first-order valence-electron chi connectivity index (χ1n) is 6.78. The van der Waals surface area contributed by atoms with Crippen molar-refractivity contribution in [2.75, 3.05) is 0 Å². The van der Waals surface area contributed by atoms with Crippen molar-refractivity contribution in [3.63, 3.8) is 0 Å². The Morgan fingerprint density at radius 2 is 1.81 bits per heavy atom. The topological polar surface area (TPSA) is 28.7 Å². The zero-order valence-corrected chi connectivity index (χ0v) is 11.0. The number of halogens is 5. The number of nitrogens with one attached hydrogen (secondary N) is 1. The molecule has 1 aliphatic carbocycles. The van der Waals surface area contributed by atoms with Crippen LogP contribution in [0, 0.1) is 17.6 Å². The van der Waals surface area contributed by atoms with Gasteiger partial charge in [0.05, 0.1) is 11.4 Å². The van der Waals surface area contributed by atoms with E-state index >= 15 is 0 Å². The zero-order chi connectivity index (χ0) is 15.2. The monoisotopic (exact) mass is 304 g/mol. The number of H-pyrrole nitrogens is 1. The molecule has 0 amide bonds. The van der Waals surface area contributed by atoms with Crippen LogP contribution in [-0.4, -0.2) is 16.1 Å². The van der Waals surface area contributed by atoms with E-state index in [1.807, 2.05) is 0 Å². The van der Waals surface area contributed by atoms with Crippen LogP contribution in [0.2, 0.25) is 0 Å². The molecule has 1 N–H and O–H groups in total. The van der Waals surface area contributed by atoms with Crippen molar-refractivity contribution in [2.24, 2.45) is 5.92 Å². The standard InChI is InChI=1S/C14H13F5N2/c15-9-5-6-10-12(11(9)16)21-13(20-10)7-3-1-2-4-8(7)14(17,18)19/h5-8H,1-4H2,(H,20,21). The van der Waals surface area contributed by atoms with E-state index in [9.17, 15) is 22.0 Å². The summed E-state index contributed by atoms with van der Waals surface area (Å²) in [5.74, 6) is -4.41. The Bertz CT molecular complexity index is 661.